The van der Waals surface area contributed by atoms with Crippen LogP contribution in [0.5, 0.6) is 0 Å². The highest BCUT2D eigenvalue weighted by molar-refractivity contribution is 14.0. The monoisotopic (exact) mass is 534 g/mol. The highest BCUT2D eigenvalue weighted by atomic mass is 127. The molecule has 0 unspecified atom stereocenters. The number of nitrogens with zero attached hydrogens (tertiary/aromatic N) is 2. The minimum atomic E-state index is -3.18. The molecular weight excluding hydrogens is 499 g/mol. The van der Waals surface area contributed by atoms with Gasteiger partial charge in [-0.25, -0.2) is 13.4 Å². The van der Waals surface area contributed by atoms with Gasteiger partial charge in [0.25, 0.3) is 0 Å². The molecule has 3 rings (SSSR count). The van der Waals surface area contributed by atoms with E-state index in [2.05, 4.69) is 27.4 Å². The van der Waals surface area contributed by atoms with Crippen molar-refractivity contribution in [3.05, 3.63) is 29.3 Å². The normalized spacial score (nSPS) is 17.2. The van der Waals surface area contributed by atoms with Crippen LogP contribution in [0, 0.1) is 12.8 Å². The van der Waals surface area contributed by atoms with Gasteiger partial charge in [0.05, 0.1) is 11.4 Å². The van der Waals surface area contributed by atoms with Crippen LogP contribution in [-0.2, 0) is 16.4 Å². The summed E-state index contributed by atoms with van der Waals surface area (Å²) >= 11 is 0. The number of benzene rings is 1. The second kappa shape index (κ2) is 10.9. The molecule has 0 amide bonds. The van der Waals surface area contributed by atoms with E-state index in [1.807, 2.05) is 19.1 Å². The number of halogens is 1. The fourth-order valence-corrected chi connectivity index (χ4v) is 4.51. The first-order chi connectivity index (χ1) is 13.4. The van der Waals surface area contributed by atoms with Gasteiger partial charge in [0.1, 0.15) is 0 Å². The summed E-state index contributed by atoms with van der Waals surface area (Å²) in [6, 6.07) is 6.24. The number of aryl methyl sites for hydroxylation is 1. The zero-order valence-corrected chi connectivity index (χ0v) is 20.9. The average Bonchev–Trinajstić information content (AvgIpc) is 3.51. The zero-order valence-electron chi connectivity index (χ0n) is 17.8. The Morgan fingerprint density at radius 3 is 2.48 bits per heavy atom. The Hall–Kier alpha value is -0.870. The van der Waals surface area contributed by atoms with Gasteiger partial charge >= 0.3 is 0 Å². The predicted octanol–water partition coefficient (Wildman–Crippen LogP) is 2.95. The summed E-state index contributed by atoms with van der Waals surface area (Å²) in [5, 5.41) is 6.75. The van der Waals surface area contributed by atoms with E-state index in [0.717, 1.165) is 48.7 Å². The molecule has 0 aromatic heterocycles. The van der Waals surface area contributed by atoms with Crippen LogP contribution in [0.15, 0.2) is 28.1 Å². The molecule has 0 heterocycles. The Balaban J connectivity index is 0.00000300. The number of guanidine groups is 1. The van der Waals surface area contributed by atoms with Crippen molar-refractivity contribution < 1.29 is 8.42 Å². The van der Waals surface area contributed by atoms with Crippen molar-refractivity contribution in [2.24, 2.45) is 10.9 Å². The Bertz CT molecular complexity index is 805. The van der Waals surface area contributed by atoms with Gasteiger partial charge in [0, 0.05) is 38.5 Å². The Morgan fingerprint density at radius 1 is 1.21 bits per heavy atom. The third kappa shape index (κ3) is 8.05. The lowest BCUT2D eigenvalue weighted by Crippen LogP contribution is -2.42. The maximum absolute atomic E-state index is 11.8. The summed E-state index contributed by atoms with van der Waals surface area (Å²) in [6.45, 7) is 8.44. The third-order valence-electron chi connectivity index (χ3n) is 5.35. The van der Waals surface area contributed by atoms with Crippen LogP contribution in [0.25, 0.3) is 0 Å². The molecule has 1 aromatic carbocycles. The molecule has 0 saturated heterocycles. The van der Waals surface area contributed by atoms with Gasteiger partial charge < -0.3 is 10.6 Å². The van der Waals surface area contributed by atoms with Crippen molar-refractivity contribution in [2.45, 2.75) is 57.0 Å². The number of aliphatic imine (C=N–C) groups is 1. The molecule has 2 aliphatic carbocycles. The molecule has 0 spiro atoms. The second-order valence-electron chi connectivity index (χ2n) is 8.16. The van der Waals surface area contributed by atoms with E-state index in [-0.39, 0.29) is 24.0 Å². The molecular formula is C21H35IN4O2S. The first-order valence-electron chi connectivity index (χ1n) is 10.4. The average molecular weight is 535 g/mol. The predicted molar refractivity (Wildman–Crippen MR) is 130 cm³/mol. The smallest absolute Gasteiger partial charge is 0.191 e. The Labute approximate surface area is 192 Å². The molecule has 2 saturated carbocycles. The number of nitrogens with one attached hydrogen (secondary N) is 2. The summed E-state index contributed by atoms with van der Waals surface area (Å²) in [5.74, 6) is 1.75. The van der Waals surface area contributed by atoms with Gasteiger partial charge in [-0.1, -0.05) is 12.1 Å². The highest BCUT2D eigenvalue weighted by Gasteiger charge is 2.33. The lowest BCUT2D eigenvalue weighted by atomic mass is 10.1. The van der Waals surface area contributed by atoms with E-state index in [9.17, 15) is 8.42 Å². The van der Waals surface area contributed by atoms with Crippen LogP contribution in [0.3, 0.4) is 0 Å². The van der Waals surface area contributed by atoms with Crippen molar-refractivity contribution in [3.63, 3.8) is 0 Å². The Morgan fingerprint density at radius 2 is 1.93 bits per heavy atom. The van der Waals surface area contributed by atoms with Gasteiger partial charge in [-0.2, -0.15) is 0 Å². The van der Waals surface area contributed by atoms with Crippen LogP contribution in [0.1, 0.15) is 43.7 Å². The maximum atomic E-state index is 11.8. The second-order valence-corrected chi connectivity index (χ2v) is 10.1. The first-order valence-corrected chi connectivity index (χ1v) is 12.3. The number of sulfone groups is 1. The van der Waals surface area contributed by atoms with E-state index in [4.69, 9.17) is 0 Å². The molecule has 6 nitrogen and oxygen atoms in total. The minimum Gasteiger partial charge on any atom is -0.357 e. The van der Waals surface area contributed by atoms with E-state index in [0.29, 0.717) is 11.4 Å². The molecule has 0 atom stereocenters. The van der Waals surface area contributed by atoms with Gasteiger partial charge in [-0.15, -0.1) is 24.0 Å². The van der Waals surface area contributed by atoms with Gasteiger partial charge in [-0.05, 0) is 62.6 Å². The number of hydrogen-bond donors (Lipinski definition) is 2. The van der Waals surface area contributed by atoms with Crippen LogP contribution in [0.4, 0.5) is 0 Å². The first kappa shape index (κ1) is 24.4. The van der Waals surface area contributed by atoms with Crippen LogP contribution in [0.2, 0.25) is 0 Å². The van der Waals surface area contributed by atoms with Crippen molar-refractivity contribution in [2.75, 3.05) is 32.4 Å². The minimum absolute atomic E-state index is 0. The summed E-state index contributed by atoms with van der Waals surface area (Å²) in [5.41, 5.74) is 1.78. The molecule has 8 heteroatoms. The van der Waals surface area contributed by atoms with E-state index in [1.54, 1.807) is 6.07 Å². The van der Waals surface area contributed by atoms with Crippen molar-refractivity contribution in [3.8, 4) is 0 Å². The molecule has 1 aromatic rings. The van der Waals surface area contributed by atoms with Crippen molar-refractivity contribution in [1.29, 1.82) is 0 Å². The lowest BCUT2D eigenvalue weighted by molar-refractivity contribution is 0.256. The van der Waals surface area contributed by atoms with E-state index >= 15 is 0 Å². The van der Waals surface area contributed by atoms with Crippen LogP contribution >= 0.6 is 24.0 Å². The molecule has 29 heavy (non-hydrogen) atoms. The van der Waals surface area contributed by atoms with Crippen molar-refractivity contribution >= 4 is 39.8 Å². The Kier molecular flexibility index (Phi) is 9.21. The quantitative estimate of drug-likeness (QED) is 0.275. The third-order valence-corrected chi connectivity index (χ3v) is 6.60. The van der Waals surface area contributed by atoms with Crippen LogP contribution in [-0.4, -0.2) is 57.8 Å². The van der Waals surface area contributed by atoms with E-state index in [1.165, 1.54) is 38.5 Å². The fraction of sp³-hybridized carbons (Fsp3) is 0.667. The van der Waals surface area contributed by atoms with E-state index < -0.39 is 9.84 Å². The van der Waals surface area contributed by atoms with Crippen LogP contribution < -0.4 is 10.6 Å². The molecule has 2 aliphatic rings. The zero-order chi connectivity index (χ0) is 20.1. The lowest BCUT2D eigenvalue weighted by Gasteiger charge is -2.22. The molecule has 164 valence electrons. The molecule has 0 bridgehead atoms. The molecule has 0 radical (unpaired) electrons. The standard InChI is InChI=1S/C21H34N4O2S.HI/c1-4-22-21(23-11-12-25(19-8-9-19)15-17-5-6-17)24-14-18-7-10-20(16(2)13-18)28(3,26)27;/h7,10,13,17,19H,4-6,8-9,11-12,14-15H2,1-3H3,(H2,22,23,24);1H. The summed E-state index contributed by atoms with van der Waals surface area (Å²) in [4.78, 5) is 7.70. The summed E-state index contributed by atoms with van der Waals surface area (Å²) < 4.78 is 23.5. The summed E-state index contributed by atoms with van der Waals surface area (Å²) in [6.07, 6.45) is 6.75. The summed E-state index contributed by atoms with van der Waals surface area (Å²) in [7, 11) is -3.18. The topological polar surface area (TPSA) is 73.8 Å². The van der Waals surface area contributed by atoms with Gasteiger partial charge in [0.2, 0.25) is 0 Å². The van der Waals surface area contributed by atoms with Gasteiger partial charge in [0.15, 0.2) is 15.8 Å². The van der Waals surface area contributed by atoms with Crippen molar-refractivity contribution in [1.82, 2.24) is 15.5 Å². The molecule has 2 N–H and O–H groups in total. The molecule has 2 fully saturated rings. The number of hydrogen-bond acceptors (Lipinski definition) is 4. The fourth-order valence-electron chi connectivity index (χ4n) is 3.55. The largest absolute Gasteiger partial charge is 0.357 e. The highest BCUT2D eigenvalue weighted by Crippen LogP contribution is 2.34. The molecule has 0 aliphatic heterocycles. The maximum Gasteiger partial charge on any atom is 0.191 e. The number of rotatable bonds is 10. The van der Waals surface area contributed by atoms with Gasteiger partial charge in [-0.3, -0.25) is 4.90 Å². The SMILES string of the molecule is CCNC(=NCc1ccc(S(C)(=O)=O)c(C)c1)NCCN(CC1CC1)C1CC1.I.